The third-order valence-electron chi connectivity index (χ3n) is 9.89. The summed E-state index contributed by atoms with van der Waals surface area (Å²) < 4.78 is 0. The van der Waals surface area contributed by atoms with E-state index >= 15 is 0 Å². The highest BCUT2D eigenvalue weighted by atomic mass is 32.1. The van der Waals surface area contributed by atoms with Gasteiger partial charge in [0.1, 0.15) is 0 Å². The summed E-state index contributed by atoms with van der Waals surface area (Å²) in [4.78, 5) is 2.83. The molecule has 1 aliphatic carbocycles. The molecule has 0 radical (unpaired) electrons. The Hall–Kier alpha value is -2.16. The fraction of sp³-hybridized carbons (Fsp3) is 0.512. The van der Waals surface area contributed by atoms with Crippen LogP contribution in [0, 0.1) is 0 Å². The summed E-state index contributed by atoms with van der Waals surface area (Å²) >= 11 is 3.81. The Bertz CT molecular complexity index is 1320. The molecule has 2 heterocycles. The fourth-order valence-electron chi connectivity index (χ4n) is 7.67. The Balaban J connectivity index is 1.48. The van der Waals surface area contributed by atoms with Crippen LogP contribution in [-0.2, 0) is 5.41 Å². The highest BCUT2D eigenvalue weighted by Gasteiger charge is 2.44. The largest absolute Gasteiger partial charge is 0.144 e. The van der Waals surface area contributed by atoms with Gasteiger partial charge in [-0.3, -0.25) is 0 Å². The minimum Gasteiger partial charge on any atom is -0.144 e. The first-order valence-corrected chi connectivity index (χ1v) is 19.4. The maximum absolute atomic E-state index is 2.49. The van der Waals surface area contributed by atoms with Crippen molar-refractivity contribution in [1.82, 2.24) is 0 Å². The van der Waals surface area contributed by atoms with Gasteiger partial charge in [-0.15, -0.1) is 22.7 Å². The van der Waals surface area contributed by atoms with Crippen molar-refractivity contribution in [2.75, 3.05) is 0 Å². The van der Waals surface area contributed by atoms with E-state index in [0.29, 0.717) is 0 Å². The van der Waals surface area contributed by atoms with Gasteiger partial charge in [-0.1, -0.05) is 165 Å². The lowest BCUT2D eigenvalue weighted by Crippen LogP contribution is -2.26. The van der Waals surface area contributed by atoms with Crippen LogP contribution in [0.4, 0.5) is 0 Å². The molecule has 0 spiro atoms. The van der Waals surface area contributed by atoms with E-state index < -0.39 is 0 Å². The van der Waals surface area contributed by atoms with Crippen molar-refractivity contribution in [2.24, 2.45) is 0 Å². The van der Waals surface area contributed by atoms with Gasteiger partial charge in [-0.2, -0.15) is 0 Å². The Labute approximate surface area is 271 Å². The van der Waals surface area contributed by atoms with E-state index in [-0.39, 0.29) is 5.41 Å². The fourth-order valence-corrected chi connectivity index (χ4v) is 9.22. The molecule has 2 aromatic heterocycles. The summed E-state index contributed by atoms with van der Waals surface area (Å²) in [5.41, 5.74) is 9.30. The minimum atomic E-state index is 0.100. The first-order chi connectivity index (χ1) is 21.3. The topological polar surface area (TPSA) is 0 Å². The number of unbranched alkanes of at least 4 members (excludes halogenated alkanes) is 14. The summed E-state index contributed by atoms with van der Waals surface area (Å²) in [6.45, 7) is 4.63. The number of fused-ring (bicyclic) bond motifs is 3. The zero-order valence-corrected chi connectivity index (χ0v) is 28.6. The Morgan fingerprint density at radius 1 is 0.465 bits per heavy atom. The molecule has 0 aliphatic heterocycles. The molecule has 43 heavy (non-hydrogen) atoms. The molecule has 2 aromatic carbocycles. The van der Waals surface area contributed by atoms with Gasteiger partial charge in [0.15, 0.2) is 0 Å². The number of thiophene rings is 2. The average molecular weight is 611 g/mol. The molecule has 2 heteroatoms. The number of rotatable bonds is 20. The maximum Gasteiger partial charge on any atom is 0.0352 e. The molecular formula is C41H54S2. The van der Waals surface area contributed by atoms with E-state index in [2.05, 4.69) is 85.3 Å². The Kier molecular flexibility index (Phi) is 12.6. The molecular weight excluding hydrogens is 557 g/mol. The molecule has 0 amide bonds. The second kappa shape index (κ2) is 16.8. The summed E-state index contributed by atoms with van der Waals surface area (Å²) in [6, 6.07) is 23.6. The summed E-state index contributed by atoms with van der Waals surface area (Å²) in [5.74, 6) is 0. The lowest BCUT2D eigenvalue weighted by atomic mass is 9.68. The number of hydrogen-bond donors (Lipinski definition) is 0. The van der Waals surface area contributed by atoms with Crippen LogP contribution in [0.5, 0.6) is 0 Å². The standard InChI is InChI=1S/C41H54S2/c1-3-5-7-9-11-13-15-19-29-41(30-20-16-14-12-10-8-6-4-2)36-24-18-17-23-33(36)34-27-28-35(37-25-21-31-42-37)39(40(34)41)38-26-22-32-43-38/h17-18,21-28,31-32H,3-16,19-20,29-30H2,1-2H3. The van der Waals surface area contributed by atoms with Crippen LogP contribution in [0.25, 0.3) is 32.0 Å². The molecule has 0 saturated carbocycles. The van der Waals surface area contributed by atoms with E-state index in [9.17, 15) is 0 Å². The smallest absolute Gasteiger partial charge is 0.0352 e. The van der Waals surface area contributed by atoms with Crippen LogP contribution in [0.2, 0.25) is 0 Å². The third-order valence-corrected chi connectivity index (χ3v) is 11.7. The van der Waals surface area contributed by atoms with Gasteiger partial charge in [0.05, 0.1) is 0 Å². The summed E-state index contributed by atoms with van der Waals surface area (Å²) in [5, 5.41) is 4.51. The predicted octanol–water partition coefficient (Wildman–Crippen LogP) is 14.5. The van der Waals surface area contributed by atoms with E-state index in [1.165, 1.54) is 148 Å². The molecule has 5 rings (SSSR count). The van der Waals surface area contributed by atoms with Crippen LogP contribution in [0.15, 0.2) is 71.4 Å². The lowest BCUT2D eigenvalue weighted by molar-refractivity contribution is 0.398. The van der Waals surface area contributed by atoms with Crippen molar-refractivity contribution in [2.45, 2.75) is 135 Å². The lowest BCUT2D eigenvalue weighted by Gasteiger charge is -2.35. The zero-order chi connectivity index (χ0) is 29.7. The van der Waals surface area contributed by atoms with E-state index in [4.69, 9.17) is 0 Å². The van der Waals surface area contributed by atoms with Crippen LogP contribution in [0.1, 0.15) is 141 Å². The molecule has 230 valence electrons. The van der Waals surface area contributed by atoms with E-state index in [0.717, 1.165) is 0 Å². The number of benzene rings is 2. The Morgan fingerprint density at radius 3 is 1.53 bits per heavy atom. The highest BCUT2D eigenvalue weighted by molar-refractivity contribution is 7.14. The monoisotopic (exact) mass is 610 g/mol. The first kappa shape index (κ1) is 32.2. The van der Waals surface area contributed by atoms with Crippen LogP contribution in [-0.4, -0.2) is 0 Å². The average Bonchev–Trinajstić information content (AvgIpc) is 3.81. The summed E-state index contributed by atoms with van der Waals surface area (Å²) in [7, 11) is 0. The van der Waals surface area contributed by atoms with E-state index in [1.54, 1.807) is 11.1 Å². The van der Waals surface area contributed by atoms with Crippen LogP contribution < -0.4 is 0 Å². The highest BCUT2D eigenvalue weighted by Crippen LogP contribution is 2.59. The van der Waals surface area contributed by atoms with Gasteiger partial charge in [-0.05, 0) is 58.0 Å². The second-order valence-corrected chi connectivity index (χ2v) is 14.8. The minimum absolute atomic E-state index is 0.100. The first-order valence-electron chi connectivity index (χ1n) is 17.6. The maximum atomic E-state index is 2.49. The summed E-state index contributed by atoms with van der Waals surface area (Å²) in [6.07, 6.45) is 24.6. The molecule has 0 bridgehead atoms. The van der Waals surface area contributed by atoms with E-state index in [1.807, 2.05) is 22.7 Å². The van der Waals surface area contributed by atoms with Crippen molar-refractivity contribution in [3.63, 3.8) is 0 Å². The van der Waals surface area contributed by atoms with Gasteiger partial charge >= 0.3 is 0 Å². The molecule has 0 N–H and O–H groups in total. The second-order valence-electron chi connectivity index (χ2n) is 12.9. The third kappa shape index (κ3) is 7.74. The zero-order valence-electron chi connectivity index (χ0n) is 27.0. The van der Waals surface area contributed by atoms with Gasteiger partial charge in [0.2, 0.25) is 0 Å². The molecule has 0 unspecified atom stereocenters. The van der Waals surface area contributed by atoms with Crippen molar-refractivity contribution >= 4 is 22.7 Å². The molecule has 0 fully saturated rings. The van der Waals surface area contributed by atoms with Gasteiger partial charge < -0.3 is 0 Å². The molecule has 4 aromatic rings. The van der Waals surface area contributed by atoms with Crippen LogP contribution >= 0.6 is 22.7 Å². The number of hydrogen-bond acceptors (Lipinski definition) is 2. The molecule has 0 nitrogen and oxygen atoms in total. The van der Waals surface area contributed by atoms with Crippen molar-refractivity contribution in [3.05, 3.63) is 82.6 Å². The molecule has 0 atom stereocenters. The molecule has 0 saturated heterocycles. The van der Waals surface area contributed by atoms with Gasteiger partial charge in [0.25, 0.3) is 0 Å². The van der Waals surface area contributed by atoms with Gasteiger partial charge in [0, 0.05) is 26.3 Å². The van der Waals surface area contributed by atoms with Gasteiger partial charge in [-0.25, -0.2) is 0 Å². The van der Waals surface area contributed by atoms with Crippen molar-refractivity contribution in [1.29, 1.82) is 0 Å². The predicted molar refractivity (Wildman–Crippen MR) is 194 cm³/mol. The normalized spacial score (nSPS) is 13.3. The molecule has 1 aliphatic rings. The van der Waals surface area contributed by atoms with Crippen molar-refractivity contribution < 1.29 is 0 Å². The quantitative estimate of drug-likeness (QED) is 0.0873. The Morgan fingerprint density at radius 2 is 0.977 bits per heavy atom. The van der Waals surface area contributed by atoms with Crippen LogP contribution in [0.3, 0.4) is 0 Å². The SMILES string of the molecule is CCCCCCCCCCC1(CCCCCCCCCC)c2ccccc2-c2ccc(-c3cccs3)c(-c3cccs3)c21. The van der Waals surface area contributed by atoms with Crippen molar-refractivity contribution in [3.8, 4) is 32.0 Å².